The highest BCUT2D eigenvalue weighted by molar-refractivity contribution is 7.93. The first-order chi connectivity index (χ1) is 18.7. The maximum absolute atomic E-state index is 13.4. The summed E-state index contributed by atoms with van der Waals surface area (Å²) in [6, 6.07) is 16.7. The zero-order chi connectivity index (χ0) is 27.6. The molecule has 0 bridgehead atoms. The smallest absolute Gasteiger partial charge is 0.264 e. The molecule has 3 aromatic carbocycles. The molecule has 1 fully saturated rings. The summed E-state index contributed by atoms with van der Waals surface area (Å²) in [7, 11) is -3.91. The molecule has 0 atom stereocenters. The summed E-state index contributed by atoms with van der Waals surface area (Å²) in [5, 5.41) is 0.708. The fourth-order valence-corrected chi connectivity index (χ4v) is 5.82. The summed E-state index contributed by atoms with van der Waals surface area (Å²) >= 11 is 0. The first-order valence-electron chi connectivity index (χ1n) is 12.3. The molecule has 7 nitrogen and oxygen atoms in total. The van der Waals surface area contributed by atoms with Gasteiger partial charge in [-0.25, -0.2) is 21.6 Å². The van der Waals surface area contributed by atoms with Crippen LogP contribution in [0.1, 0.15) is 15.9 Å². The molecule has 1 aliphatic heterocycles. The van der Waals surface area contributed by atoms with Crippen LogP contribution in [0.3, 0.4) is 0 Å². The minimum atomic E-state index is -3.91. The molecule has 5 rings (SSSR count). The number of nitrogens with one attached hydrogen (secondary N) is 1. The molecule has 1 aromatic heterocycles. The van der Waals surface area contributed by atoms with Gasteiger partial charge in [0.2, 0.25) is 0 Å². The molecule has 1 N–H and O–H groups in total. The second-order valence-electron chi connectivity index (χ2n) is 9.27. The minimum Gasteiger partial charge on any atom is -0.336 e. The molecular formula is C28H25F3N4O3S. The van der Waals surface area contributed by atoms with Crippen LogP contribution in [0.2, 0.25) is 0 Å². The number of amides is 1. The van der Waals surface area contributed by atoms with Gasteiger partial charge in [-0.3, -0.25) is 19.4 Å². The van der Waals surface area contributed by atoms with Crippen molar-refractivity contribution in [1.29, 1.82) is 0 Å². The van der Waals surface area contributed by atoms with E-state index < -0.39 is 27.5 Å². The van der Waals surface area contributed by atoms with E-state index >= 15 is 0 Å². The van der Waals surface area contributed by atoms with Crippen molar-refractivity contribution in [2.24, 2.45) is 0 Å². The maximum Gasteiger partial charge on any atom is 0.264 e. The first-order valence-corrected chi connectivity index (χ1v) is 13.8. The van der Waals surface area contributed by atoms with Crippen LogP contribution in [0.15, 0.2) is 77.8 Å². The number of rotatable bonds is 7. The van der Waals surface area contributed by atoms with Gasteiger partial charge < -0.3 is 4.90 Å². The fourth-order valence-electron chi connectivity index (χ4n) is 4.58. The van der Waals surface area contributed by atoms with E-state index in [1.807, 2.05) is 0 Å². The lowest BCUT2D eigenvalue weighted by Crippen LogP contribution is -2.49. The van der Waals surface area contributed by atoms with Crippen molar-refractivity contribution in [3.63, 3.8) is 0 Å². The van der Waals surface area contributed by atoms with E-state index in [2.05, 4.69) is 14.6 Å². The van der Waals surface area contributed by atoms with Crippen LogP contribution in [0.25, 0.3) is 10.9 Å². The molecule has 2 heterocycles. The van der Waals surface area contributed by atoms with Gasteiger partial charge in [0.15, 0.2) is 17.5 Å². The normalized spacial score (nSPS) is 14.5. The van der Waals surface area contributed by atoms with Crippen molar-refractivity contribution in [2.75, 3.05) is 37.4 Å². The van der Waals surface area contributed by atoms with Crippen LogP contribution in [-0.4, -0.2) is 61.8 Å². The number of carbonyl (C=O) groups excluding carboxylic acids is 1. The number of fused-ring (bicyclic) bond motifs is 1. The van der Waals surface area contributed by atoms with Crippen molar-refractivity contribution in [1.82, 2.24) is 14.8 Å². The van der Waals surface area contributed by atoms with E-state index in [1.165, 1.54) is 12.3 Å². The zero-order valence-electron chi connectivity index (χ0n) is 20.8. The Balaban J connectivity index is 1.17. The van der Waals surface area contributed by atoms with Gasteiger partial charge in [-0.15, -0.1) is 0 Å². The van der Waals surface area contributed by atoms with Gasteiger partial charge in [0, 0.05) is 55.6 Å². The Hall–Kier alpha value is -3.96. The Bertz CT molecular complexity index is 1590. The number of carbonyl (C=O) groups is 1. The molecule has 1 amide bonds. The Morgan fingerprint density at radius 1 is 0.897 bits per heavy atom. The summed E-state index contributed by atoms with van der Waals surface area (Å²) in [6.45, 7) is 2.61. The number of anilines is 1. The van der Waals surface area contributed by atoms with E-state index in [-0.39, 0.29) is 10.8 Å². The SMILES string of the molecule is O=C(c1ccc(NS(=O)(=O)c2cccc3cccnc23)cc1)N1CCN(CCc2cc(F)c(F)c(F)c2)CC1. The third kappa shape index (κ3) is 5.89. The van der Waals surface area contributed by atoms with Crippen LogP contribution < -0.4 is 4.72 Å². The Kier molecular flexibility index (Phi) is 7.53. The number of sulfonamides is 1. The van der Waals surface area contributed by atoms with Crippen LogP contribution in [-0.2, 0) is 16.4 Å². The molecule has 0 unspecified atom stereocenters. The summed E-state index contributed by atoms with van der Waals surface area (Å²) in [4.78, 5) is 21.0. The van der Waals surface area contributed by atoms with Gasteiger partial charge in [0.05, 0.1) is 5.52 Å². The van der Waals surface area contributed by atoms with Gasteiger partial charge in [0.25, 0.3) is 15.9 Å². The van der Waals surface area contributed by atoms with Gasteiger partial charge in [-0.1, -0.05) is 18.2 Å². The lowest BCUT2D eigenvalue weighted by atomic mass is 10.1. The third-order valence-corrected chi connectivity index (χ3v) is 8.10. The molecule has 11 heteroatoms. The summed E-state index contributed by atoms with van der Waals surface area (Å²) in [5.41, 5.74) is 1.49. The molecule has 1 saturated heterocycles. The number of aromatic nitrogens is 1. The molecular weight excluding hydrogens is 529 g/mol. The number of benzene rings is 3. The third-order valence-electron chi connectivity index (χ3n) is 6.69. The van der Waals surface area contributed by atoms with Gasteiger partial charge in [-0.05, 0) is 60.5 Å². The van der Waals surface area contributed by atoms with Crippen molar-refractivity contribution in [2.45, 2.75) is 11.3 Å². The number of nitrogens with zero attached hydrogens (tertiary/aromatic N) is 3. The first kappa shape index (κ1) is 26.6. The highest BCUT2D eigenvalue weighted by Crippen LogP contribution is 2.24. The zero-order valence-corrected chi connectivity index (χ0v) is 21.6. The largest absolute Gasteiger partial charge is 0.336 e. The Morgan fingerprint density at radius 3 is 2.26 bits per heavy atom. The molecule has 202 valence electrons. The Labute approximate surface area is 223 Å². The number of halogens is 3. The molecule has 1 aliphatic rings. The van der Waals surface area contributed by atoms with Crippen LogP contribution in [0.5, 0.6) is 0 Å². The predicted octanol–water partition coefficient (Wildman–Crippen LogP) is 4.45. The average molecular weight is 555 g/mol. The van der Waals surface area contributed by atoms with Gasteiger partial charge in [0.1, 0.15) is 4.90 Å². The van der Waals surface area contributed by atoms with E-state index in [0.29, 0.717) is 66.9 Å². The van der Waals surface area contributed by atoms with E-state index in [0.717, 1.165) is 12.1 Å². The monoisotopic (exact) mass is 554 g/mol. The van der Waals surface area contributed by atoms with Crippen molar-refractivity contribution in [3.8, 4) is 0 Å². The number of pyridine rings is 1. The molecule has 0 aliphatic carbocycles. The second-order valence-corrected chi connectivity index (χ2v) is 10.9. The summed E-state index contributed by atoms with van der Waals surface area (Å²) < 4.78 is 68.6. The molecule has 39 heavy (non-hydrogen) atoms. The van der Waals surface area contributed by atoms with Crippen LogP contribution in [0, 0.1) is 17.5 Å². The predicted molar refractivity (Wildman–Crippen MR) is 141 cm³/mol. The van der Waals surface area contributed by atoms with Crippen LogP contribution in [0.4, 0.5) is 18.9 Å². The fraction of sp³-hybridized carbons (Fsp3) is 0.214. The van der Waals surface area contributed by atoms with E-state index in [1.54, 1.807) is 53.4 Å². The lowest BCUT2D eigenvalue weighted by molar-refractivity contribution is 0.0638. The minimum absolute atomic E-state index is 0.0633. The summed E-state index contributed by atoms with van der Waals surface area (Å²) in [6.07, 6.45) is 1.89. The Morgan fingerprint density at radius 2 is 1.56 bits per heavy atom. The quantitative estimate of drug-likeness (QED) is 0.342. The summed E-state index contributed by atoms with van der Waals surface area (Å²) in [5.74, 6) is -4.06. The topological polar surface area (TPSA) is 82.6 Å². The van der Waals surface area contributed by atoms with Crippen molar-refractivity contribution >= 4 is 32.5 Å². The van der Waals surface area contributed by atoms with Gasteiger partial charge in [-0.2, -0.15) is 0 Å². The maximum atomic E-state index is 13.4. The van der Waals surface area contributed by atoms with E-state index in [9.17, 15) is 26.4 Å². The van der Waals surface area contributed by atoms with Crippen molar-refractivity contribution < 1.29 is 26.4 Å². The van der Waals surface area contributed by atoms with Gasteiger partial charge >= 0.3 is 0 Å². The lowest BCUT2D eigenvalue weighted by Gasteiger charge is -2.34. The highest BCUT2D eigenvalue weighted by atomic mass is 32.2. The standard InChI is InChI=1S/C28H25F3N4O3S/c29-23-17-19(18-24(30)26(23)31)10-12-34-13-15-35(16-14-34)28(36)21-6-8-22(9-7-21)33-39(37,38)25-5-1-3-20-4-2-11-32-27(20)25/h1-9,11,17-18,33H,10,12-16H2. The highest BCUT2D eigenvalue weighted by Gasteiger charge is 2.23. The number of hydrogen-bond acceptors (Lipinski definition) is 5. The molecule has 0 radical (unpaired) electrons. The second kappa shape index (κ2) is 11.0. The molecule has 4 aromatic rings. The average Bonchev–Trinajstić information content (AvgIpc) is 2.94. The number of piperazine rings is 1. The molecule has 0 saturated carbocycles. The number of hydrogen-bond donors (Lipinski definition) is 1. The van der Waals surface area contributed by atoms with Crippen LogP contribution >= 0.6 is 0 Å². The van der Waals surface area contributed by atoms with E-state index in [4.69, 9.17) is 0 Å². The number of para-hydroxylation sites is 1. The molecule has 0 spiro atoms. The van der Waals surface area contributed by atoms with Crippen molar-refractivity contribution in [3.05, 3.63) is 102 Å².